The maximum atomic E-state index is 4.65. The van der Waals surface area contributed by atoms with E-state index in [9.17, 15) is 0 Å². The summed E-state index contributed by atoms with van der Waals surface area (Å²) in [6, 6.07) is 0. The van der Waals surface area contributed by atoms with Gasteiger partial charge in [0.1, 0.15) is 0 Å². The van der Waals surface area contributed by atoms with Crippen molar-refractivity contribution in [1.29, 1.82) is 0 Å². The molecule has 0 aromatic rings. The van der Waals surface area contributed by atoms with Crippen LogP contribution in [-0.2, 0) is 4.42 Å². The summed E-state index contributed by atoms with van der Waals surface area (Å²) >= 11 is 0. The van der Waals surface area contributed by atoms with Crippen LogP contribution in [0.25, 0.3) is 0 Å². The Kier molecular flexibility index (Phi) is 0.607. The molecule has 1 rings (SSSR count). The van der Waals surface area contributed by atoms with Crippen LogP contribution in [0, 0.1) is 0 Å². The molecule has 1 heteroatoms. The fourth-order valence-electron chi connectivity index (χ4n) is 0.293. The van der Waals surface area contributed by atoms with Crippen molar-refractivity contribution >= 4 is 6.29 Å². The van der Waals surface area contributed by atoms with Gasteiger partial charge < -0.3 is 0 Å². The first-order chi connectivity index (χ1) is 2.89. The number of hydrogen-bond acceptors (Lipinski definition) is 0. The van der Waals surface area contributed by atoms with Crippen molar-refractivity contribution in [1.82, 2.24) is 0 Å². The predicted molar refractivity (Wildman–Crippen MR) is 24.3 cm³/mol. The number of carbonyl (C=O) groups excluding carboxylic acids is 1. The number of allylic oxidation sites excluding steroid dienone is 2. The summed E-state index contributed by atoms with van der Waals surface area (Å²) in [5.74, 6) is 0. The summed E-state index contributed by atoms with van der Waals surface area (Å²) in [4.78, 5) is 0. The van der Waals surface area contributed by atoms with E-state index in [4.69, 9.17) is 0 Å². The molecule has 0 aromatic carbocycles. The average molecular weight is 81.1 g/mol. The van der Waals surface area contributed by atoms with E-state index >= 15 is 0 Å². The third kappa shape index (κ3) is 0.385. The number of hydrogen-bond donors (Lipinski definition) is 0. The average Bonchev–Trinajstić information content (AvgIpc) is 1.86. The maximum Gasteiger partial charge on any atom is 0.324 e. The molecule has 1 heterocycles. The molecule has 30 valence electrons. The van der Waals surface area contributed by atoms with E-state index in [2.05, 4.69) is 11.0 Å². The Hall–Kier alpha value is -0.850. The summed E-state index contributed by atoms with van der Waals surface area (Å²) in [5, 5.41) is 0. The van der Waals surface area contributed by atoms with Crippen LogP contribution in [0.1, 0.15) is 0 Å². The Morgan fingerprint density at radius 1 is 1.67 bits per heavy atom. The van der Waals surface area contributed by atoms with Gasteiger partial charge in [0, 0.05) is 0 Å². The van der Waals surface area contributed by atoms with Crippen molar-refractivity contribution in [3.8, 4) is 0 Å². The molecule has 0 bridgehead atoms. The smallest absolute Gasteiger partial charge is 0.224 e. The molecule has 1 aliphatic heterocycles. The highest BCUT2D eigenvalue weighted by Crippen LogP contribution is 1.90. The third-order valence-corrected chi connectivity index (χ3v) is 0.580. The van der Waals surface area contributed by atoms with Gasteiger partial charge in [0.2, 0.25) is 0 Å². The van der Waals surface area contributed by atoms with Crippen LogP contribution < -0.4 is 0 Å². The van der Waals surface area contributed by atoms with Crippen LogP contribution in [-0.4, -0.2) is 6.29 Å². The van der Waals surface area contributed by atoms with E-state index in [0.29, 0.717) is 0 Å². The largest absolute Gasteiger partial charge is 0.324 e. The highest BCUT2D eigenvalue weighted by atomic mass is 16.4. The molecule has 0 radical (unpaired) electrons. The Balaban J connectivity index is 2.86. The molecule has 0 unspecified atom stereocenters. The molecular weight excluding hydrogens is 76.1 g/mol. The minimum absolute atomic E-state index is 0.926. The highest BCUT2D eigenvalue weighted by molar-refractivity contribution is 5.78. The molecule has 0 spiro atoms. The van der Waals surface area contributed by atoms with Gasteiger partial charge in [-0.3, -0.25) is 0 Å². The standard InChI is InChI=1S/C5H5O/c1-5-2-3-6-4-5/h2-4H,1H2/q+1. The second-order valence-electron chi connectivity index (χ2n) is 1.13. The second kappa shape index (κ2) is 1.09. The topological polar surface area (TPSA) is 11.3 Å². The molecule has 0 saturated heterocycles. The van der Waals surface area contributed by atoms with Gasteiger partial charge in [-0.05, 0) is 0 Å². The fraction of sp³-hybridized carbons (Fsp3) is 0. The normalized spacial score (nSPS) is 17.0. The van der Waals surface area contributed by atoms with Crippen molar-refractivity contribution in [2.45, 2.75) is 0 Å². The number of rotatable bonds is 0. The van der Waals surface area contributed by atoms with Crippen LogP contribution in [0.15, 0.2) is 24.5 Å². The Labute approximate surface area is 36.3 Å². The van der Waals surface area contributed by atoms with Gasteiger partial charge in [0.25, 0.3) is 0 Å². The maximum absolute atomic E-state index is 4.65. The van der Waals surface area contributed by atoms with Gasteiger partial charge in [-0.1, -0.05) is 6.58 Å². The molecule has 6 heavy (non-hydrogen) atoms. The molecule has 0 fully saturated rings. The zero-order chi connectivity index (χ0) is 4.41. The first kappa shape index (κ1) is 3.34. The summed E-state index contributed by atoms with van der Waals surface area (Å²) in [5.41, 5.74) is 0.926. The zero-order valence-electron chi connectivity index (χ0n) is 3.35. The lowest BCUT2D eigenvalue weighted by Gasteiger charge is -1.56. The highest BCUT2D eigenvalue weighted by Gasteiger charge is 1.97. The van der Waals surface area contributed by atoms with Crippen LogP contribution in [0.5, 0.6) is 0 Å². The lowest BCUT2D eigenvalue weighted by Crippen LogP contribution is -1.65. The Morgan fingerprint density at radius 2 is 2.50 bits per heavy atom. The first-order valence-corrected chi connectivity index (χ1v) is 1.74. The van der Waals surface area contributed by atoms with E-state index in [1.54, 1.807) is 18.6 Å². The van der Waals surface area contributed by atoms with Crippen molar-refractivity contribution in [2.75, 3.05) is 0 Å². The minimum atomic E-state index is 0.926. The van der Waals surface area contributed by atoms with Gasteiger partial charge in [-0.25, -0.2) is 4.42 Å². The number of aldehydes is 1. The molecular formula is C5H5O+. The molecule has 0 aliphatic carbocycles. The summed E-state index contributed by atoms with van der Waals surface area (Å²) in [6.45, 7) is 3.59. The van der Waals surface area contributed by atoms with Crippen LogP contribution >= 0.6 is 0 Å². The van der Waals surface area contributed by atoms with Crippen LogP contribution in [0.4, 0.5) is 0 Å². The molecule has 0 atom stereocenters. The summed E-state index contributed by atoms with van der Waals surface area (Å²) in [7, 11) is 0. The van der Waals surface area contributed by atoms with E-state index in [1.807, 2.05) is 0 Å². The zero-order valence-corrected chi connectivity index (χ0v) is 3.35. The predicted octanol–water partition coefficient (Wildman–Crippen LogP) is 0.804. The first-order valence-electron chi connectivity index (χ1n) is 1.74. The Morgan fingerprint density at radius 3 is 2.67 bits per heavy atom. The van der Waals surface area contributed by atoms with Gasteiger partial charge in [0.15, 0.2) is 0 Å². The fourth-order valence-corrected chi connectivity index (χ4v) is 0.293. The second-order valence-corrected chi connectivity index (χ2v) is 1.13. The van der Waals surface area contributed by atoms with E-state index in [1.165, 1.54) is 0 Å². The molecule has 0 saturated carbocycles. The van der Waals surface area contributed by atoms with Gasteiger partial charge >= 0.3 is 12.5 Å². The minimum Gasteiger partial charge on any atom is -0.224 e. The molecule has 1 aliphatic rings. The van der Waals surface area contributed by atoms with Crippen LogP contribution in [0.3, 0.4) is 0 Å². The molecule has 0 aromatic heterocycles. The van der Waals surface area contributed by atoms with Crippen LogP contribution in [0.2, 0.25) is 0 Å². The lowest BCUT2D eigenvalue weighted by molar-refractivity contribution is -0.362. The van der Waals surface area contributed by atoms with E-state index in [0.717, 1.165) is 5.57 Å². The quantitative estimate of drug-likeness (QED) is 0.232. The van der Waals surface area contributed by atoms with Crippen molar-refractivity contribution < 1.29 is 4.42 Å². The monoisotopic (exact) mass is 81.0 g/mol. The molecule has 0 amide bonds. The van der Waals surface area contributed by atoms with Gasteiger partial charge in [-0.15, -0.1) is 0 Å². The lowest BCUT2D eigenvalue weighted by atomic mass is 10.4. The third-order valence-electron chi connectivity index (χ3n) is 0.580. The summed E-state index contributed by atoms with van der Waals surface area (Å²) < 4.78 is 4.65. The molecule has 0 N–H and O–H groups in total. The van der Waals surface area contributed by atoms with Crippen molar-refractivity contribution in [3.05, 3.63) is 24.5 Å². The van der Waals surface area contributed by atoms with Gasteiger partial charge in [-0.2, -0.15) is 0 Å². The SMILES string of the molecule is C=C1C=C[O+]=C1. The molecule has 1 nitrogen and oxygen atoms in total. The van der Waals surface area contributed by atoms with E-state index in [-0.39, 0.29) is 0 Å². The Bertz CT molecular complexity index is 106. The van der Waals surface area contributed by atoms with Gasteiger partial charge in [0.05, 0.1) is 11.6 Å². The summed E-state index contributed by atoms with van der Waals surface area (Å²) in [6.07, 6.45) is 5.00. The van der Waals surface area contributed by atoms with E-state index < -0.39 is 0 Å². The van der Waals surface area contributed by atoms with Crippen molar-refractivity contribution in [2.24, 2.45) is 0 Å². The van der Waals surface area contributed by atoms with Crippen molar-refractivity contribution in [3.63, 3.8) is 0 Å².